The Morgan fingerprint density at radius 3 is 2.17 bits per heavy atom. The molecule has 0 aromatic carbocycles. The summed E-state index contributed by atoms with van der Waals surface area (Å²) in [5, 5.41) is 0. The lowest BCUT2D eigenvalue weighted by molar-refractivity contribution is -0.0155. The first-order valence-electron chi connectivity index (χ1n) is 6.13. The van der Waals surface area contributed by atoms with Gasteiger partial charge in [0.1, 0.15) is 0 Å². The first-order chi connectivity index (χ1) is 8.80. The largest absolute Gasteiger partial charge is 0.640 e. The highest BCUT2D eigenvalue weighted by Crippen LogP contribution is 2.16. The number of fused-ring (bicyclic) bond motifs is 6. The van der Waals surface area contributed by atoms with Crippen LogP contribution < -0.4 is 5.56 Å². The number of hydrogen-bond donors (Lipinski definition) is 0. The Morgan fingerprint density at radius 2 is 1.61 bits per heavy atom. The predicted molar refractivity (Wildman–Crippen MR) is 66.2 cm³/mol. The van der Waals surface area contributed by atoms with Crippen LogP contribution in [0.25, 0.3) is 0 Å². The minimum absolute atomic E-state index is 0.137. The van der Waals surface area contributed by atoms with Gasteiger partial charge >= 0.3 is 8.97 Å². The fourth-order valence-electron chi connectivity index (χ4n) is 2.23. The number of nitrogens with zero attached hydrogens (tertiary/aromatic N) is 2. The molecule has 2 bridgehead atoms. The Balaban J connectivity index is 1.99. The Kier molecular flexibility index (Phi) is 3.31. The highest BCUT2D eigenvalue weighted by atomic mass is 28.4. The normalized spacial score (nSPS) is 32.6. The SMILES string of the molecule is O=c1ccccn1[Si]12OCCN(CCO1)CCO2. The average molecular weight is 268 g/mol. The lowest BCUT2D eigenvalue weighted by Crippen LogP contribution is -2.62. The molecule has 0 unspecified atom stereocenters. The van der Waals surface area contributed by atoms with E-state index in [1.54, 1.807) is 18.3 Å². The van der Waals surface area contributed by atoms with Gasteiger partial charge in [-0.3, -0.25) is 13.9 Å². The van der Waals surface area contributed by atoms with Crippen LogP contribution >= 0.6 is 0 Å². The van der Waals surface area contributed by atoms with Crippen molar-refractivity contribution in [2.45, 2.75) is 0 Å². The van der Waals surface area contributed by atoms with E-state index in [1.165, 1.54) is 10.3 Å². The summed E-state index contributed by atoms with van der Waals surface area (Å²) in [6.07, 6.45) is 1.69. The highest BCUT2D eigenvalue weighted by molar-refractivity contribution is 6.58. The van der Waals surface area contributed by atoms with Gasteiger partial charge in [-0.15, -0.1) is 0 Å². The molecule has 1 aromatic rings. The number of pyridine rings is 1. The molecule has 98 valence electrons. The number of hydrogen-bond acceptors (Lipinski definition) is 5. The molecule has 3 saturated heterocycles. The molecule has 3 aliphatic heterocycles. The van der Waals surface area contributed by atoms with E-state index in [0.29, 0.717) is 19.8 Å². The molecule has 0 radical (unpaired) electrons. The molecule has 0 atom stereocenters. The van der Waals surface area contributed by atoms with E-state index in [9.17, 15) is 4.79 Å². The smallest absolute Gasteiger partial charge is 0.355 e. The zero-order chi connectivity index (χ0) is 12.4. The van der Waals surface area contributed by atoms with Crippen LogP contribution in [0.2, 0.25) is 0 Å². The van der Waals surface area contributed by atoms with E-state index in [2.05, 4.69) is 4.90 Å². The summed E-state index contributed by atoms with van der Waals surface area (Å²) < 4.78 is 19.0. The van der Waals surface area contributed by atoms with Crippen molar-refractivity contribution in [2.75, 3.05) is 39.5 Å². The van der Waals surface area contributed by atoms with Crippen LogP contribution in [0.4, 0.5) is 0 Å². The minimum Gasteiger partial charge on any atom is -0.355 e. The van der Waals surface area contributed by atoms with E-state index in [-0.39, 0.29) is 5.56 Å². The van der Waals surface area contributed by atoms with Gasteiger partial charge in [0.25, 0.3) is 0 Å². The Bertz CT molecular complexity index is 452. The molecular formula is C11H16N2O4Si. The molecule has 1 aromatic heterocycles. The molecule has 0 N–H and O–H groups in total. The maximum Gasteiger partial charge on any atom is 0.640 e. The maximum absolute atomic E-state index is 12.0. The van der Waals surface area contributed by atoms with Crippen molar-refractivity contribution in [3.8, 4) is 0 Å². The third-order valence-electron chi connectivity index (χ3n) is 3.19. The summed E-state index contributed by atoms with van der Waals surface area (Å²) in [4.78, 5) is 14.2. The van der Waals surface area contributed by atoms with Crippen molar-refractivity contribution in [1.82, 2.24) is 9.13 Å². The van der Waals surface area contributed by atoms with Crippen LogP contribution in [-0.2, 0) is 13.3 Å². The fraction of sp³-hybridized carbons (Fsp3) is 0.545. The molecule has 7 heteroatoms. The second-order valence-corrected chi connectivity index (χ2v) is 6.72. The third-order valence-corrected chi connectivity index (χ3v) is 5.86. The van der Waals surface area contributed by atoms with Gasteiger partial charge in [-0.05, 0) is 6.07 Å². The highest BCUT2D eigenvalue weighted by Gasteiger charge is 2.48. The molecule has 0 saturated carbocycles. The second-order valence-electron chi connectivity index (χ2n) is 4.32. The Labute approximate surface area is 106 Å². The maximum atomic E-state index is 12.0. The van der Waals surface area contributed by atoms with Crippen molar-refractivity contribution >= 4 is 8.97 Å². The zero-order valence-corrected chi connectivity index (χ0v) is 11.1. The fourth-order valence-corrected chi connectivity index (χ4v) is 4.56. The van der Waals surface area contributed by atoms with Crippen LogP contribution in [0.3, 0.4) is 0 Å². The van der Waals surface area contributed by atoms with E-state index in [1.807, 2.05) is 0 Å². The standard InChI is InChI=1S/C11H16N2O4Si/c14-11-3-1-2-4-13(11)18-15-8-5-12(6-9-16-18)7-10-17-18/h1-4H,5-10H2. The summed E-state index contributed by atoms with van der Waals surface area (Å²) in [5.74, 6) is 0. The number of aromatic nitrogens is 1. The zero-order valence-electron chi connectivity index (χ0n) is 10.1. The molecule has 0 amide bonds. The predicted octanol–water partition coefficient (Wildman–Crippen LogP) is -0.489. The monoisotopic (exact) mass is 268 g/mol. The first kappa shape index (κ1) is 12.1. The molecule has 0 spiro atoms. The molecule has 3 fully saturated rings. The molecular weight excluding hydrogens is 252 g/mol. The van der Waals surface area contributed by atoms with Crippen LogP contribution in [0, 0.1) is 0 Å². The molecule has 0 aliphatic carbocycles. The van der Waals surface area contributed by atoms with Crippen LogP contribution in [-0.4, -0.2) is 57.6 Å². The Morgan fingerprint density at radius 1 is 1.00 bits per heavy atom. The third kappa shape index (κ3) is 2.15. The van der Waals surface area contributed by atoms with Gasteiger partial charge in [0.05, 0.1) is 19.8 Å². The molecule has 4 rings (SSSR count). The summed E-state index contributed by atoms with van der Waals surface area (Å²) in [5.41, 5.74) is -0.137. The quantitative estimate of drug-likeness (QED) is 0.643. The van der Waals surface area contributed by atoms with Gasteiger partial charge in [-0.2, -0.15) is 0 Å². The summed E-state index contributed by atoms with van der Waals surface area (Å²) >= 11 is 0. The molecule has 18 heavy (non-hydrogen) atoms. The molecule has 6 nitrogen and oxygen atoms in total. The lowest BCUT2D eigenvalue weighted by Gasteiger charge is -2.37. The summed E-state index contributed by atoms with van der Waals surface area (Å²) in [6.45, 7) is 4.20. The Hall–Kier alpha value is -0.993. The van der Waals surface area contributed by atoms with Gasteiger partial charge in [-0.1, -0.05) is 6.07 Å². The van der Waals surface area contributed by atoms with Gasteiger partial charge in [-0.25, -0.2) is 0 Å². The topological polar surface area (TPSA) is 52.9 Å². The van der Waals surface area contributed by atoms with Gasteiger partial charge in [0.15, 0.2) is 0 Å². The van der Waals surface area contributed by atoms with Crippen molar-refractivity contribution in [3.05, 3.63) is 34.7 Å². The summed E-state index contributed by atoms with van der Waals surface area (Å²) in [6, 6.07) is 5.00. The van der Waals surface area contributed by atoms with E-state index < -0.39 is 8.97 Å². The van der Waals surface area contributed by atoms with Crippen LogP contribution in [0.15, 0.2) is 29.2 Å². The van der Waals surface area contributed by atoms with Crippen LogP contribution in [0.1, 0.15) is 0 Å². The van der Waals surface area contributed by atoms with Crippen LogP contribution in [0.5, 0.6) is 0 Å². The van der Waals surface area contributed by atoms with Gasteiger partial charge in [0, 0.05) is 31.9 Å². The first-order valence-corrected chi connectivity index (χ1v) is 7.80. The van der Waals surface area contributed by atoms with Gasteiger partial charge in [0.2, 0.25) is 5.56 Å². The van der Waals surface area contributed by atoms with Gasteiger partial charge < -0.3 is 13.3 Å². The average Bonchev–Trinajstić information content (AvgIpc) is 2.28. The molecule has 3 aliphatic rings. The van der Waals surface area contributed by atoms with Crippen molar-refractivity contribution < 1.29 is 13.3 Å². The van der Waals surface area contributed by atoms with Crippen molar-refractivity contribution in [3.63, 3.8) is 0 Å². The van der Waals surface area contributed by atoms with Crippen molar-refractivity contribution in [1.29, 1.82) is 0 Å². The van der Waals surface area contributed by atoms with E-state index in [0.717, 1.165) is 19.6 Å². The minimum atomic E-state index is -3.07. The molecule has 4 heterocycles. The number of rotatable bonds is 1. The lowest BCUT2D eigenvalue weighted by atomic mass is 10.4. The van der Waals surface area contributed by atoms with E-state index >= 15 is 0 Å². The summed E-state index contributed by atoms with van der Waals surface area (Å²) in [7, 11) is -3.07. The van der Waals surface area contributed by atoms with E-state index in [4.69, 9.17) is 13.3 Å². The van der Waals surface area contributed by atoms with Crippen molar-refractivity contribution in [2.24, 2.45) is 0 Å². The second kappa shape index (κ2) is 4.94.